The Hall–Kier alpha value is -0.370. The molecular formula is C6H8BrN. The van der Waals surface area contributed by atoms with Gasteiger partial charge in [-0.1, -0.05) is 22.5 Å². The van der Waals surface area contributed by atoms with Crippen molar-refractivity contribution >= 4 is 22.6 Å². The first-order valence-electron chi connectivity index (χ1n) is 2.16. The molecule has 0 aromatic rings. The van der Waals surface area contributed by atoms with Crippen LogP contribution < -0.4 is 0 Å². The van der Waals surface area contributed by atoms with Crippen molar-refractivity contribution in [2.45, 2.75) is 6.92 Å². The molecule has 0 atom stereocenters. The standard InChI is InChI=1S/C6H8BrN/c1-5(7)4-6(2)8-3/h4H,1,3H2,2H3/b6-4-. The van der Waals surface area contributed by atoms with Crippen LogP contribution in [0.1, 0.15) is 6.92 Å². The SMILES string of the molecule is C=N/C(C)=C\C(=C)Br. The maximum Gasteiger partial charge on any atom is 0.0376 e. The molecule has 0 aliphatic rings. The zero-order valence-corrected chi connectivity index (χ0v) is 6.40. The second-order valence-corrected chi connectivity index (χ2v) is 2.41. The van der Waals surface area contributed by atoms with Gasteiger partial charge in [0.2, 0.25) is 0 Å². The lowest BCUT2D eigenvalue weighted by Gasteiger charge is -1.85. The average Bonchev–Trinajstić information content (AvgIpc) is 1.65. The molecule has 0 heterocycles. The summed E-state index contributed by atoms with van der Waals surface area (Å²) in [5, 5.41) is 0. The summed E-state index contributed by atoms with van der Waals surface area (Å²) in [4.78, 5) is 3.65. The summed E-state index contributed by atoms with van der Waals surface area (Å²) in [6, 6.07) is 0. The van der Waals surface area contributed by atoms with Crippen molar-refractivity contribution in [1.29, 1.82) is 0 Å². The van der Waals surface area contributed by atoms with E-state index >= 15 is 0 Å². The smallest absolute Gasteiger partial charge is 0.0376 e. The summed E-state index contributed by atoms with van der Waals surface area (Å²) >= 11 is 3.16. The molecule has 8 heavy (non-hydrogen) atoms. The Kier molecular flexibility index (Phi) is 3.44. The zero-order valence-electron chi connectivity index (χ0n) is 4.82. The molecule has 0 unspecified atom stereocenters. The van der Waals surface area contributed by atoms with Crippen molar-refractivity contribution in [3.05, 3.63) is 22.8 Å². The molecule has 0 aliphatic heterocycles. The van der Waals surface area contributed by atoms with E-state index in [1.54, 1.807) is 6.08 Å². The van der Waals surface area contributed by atoms with Gasteiger partial charge in [0.1, 0.15) is 0 Å². The largest absolute Gasteiger partial charge is 0.269 e. The summed E-state index contributed by atoms with van der Waals surface area (Å²) in [5.41, 5.74) is 0.867. The second-order valence-electron chi connectivity index (χ2n) is 1.39. The average molecular weight is 174 g/mol. The lowest BCUT2D eigenvalue weighted by Crippen LogP contribution is -1.64. The summed E-state index contributed by atoms with van der Waals surface area (Å²) < 4.78 is 0.822. The number of rotatable bonds is 2. The fourth-order valence-corrected chi connectivity index (χ4v) is 0.604. The maximum atomic E-state index is 3.65. The lowest BCUT2D eigenvalue weighted by atomic mass is 10.4. The Bertz CT molecular complexity index is 135. The van der Waals surface area contributed by atoms with E-state index in [9.17, 15) is 0 Å². The summed E-state index contributed by atoms with van der Waals surface area (Å²) in [6.45, 7) is 8.79. The van der Waals surface area contributed by atoms with Gasteiger partial charge in [-0.3, -0.25) is 4.99 Å². The Morgan fingerprint density at radius 1 is 1.75 bits per heavy atom. The molecule has 44 valence electrons. The number of aliphatic imine (C=N–C) groups is 1. The monoisotopic (exact) mass is 173 g/mol. The van der Waals surface area contributed by atoms with E-state index < -0.39 is 0 Å². The van der Waals surface area contributed by atoms with Gasteiger partial charge in [0, 0.05) is 10.2 Å². The predicted molar refractivity (Wildman–Crippen MR) is 41.4 cm³/mol. The molecule has 0 saturated carbocycles. The van der Waals surface area contributed by atoms with E-state index in [1.165, 1.54) is 0 Å². The van der Waals surface area contributed by atoms with Crippen molar-refractivity contribution in [3.8, 4) is 0 Å². The predicted octanol–water partition coefficient (Wildman–Crippen LogP) is 2.50. The van der Waals surface area contributed by atoms with Crippen LogP contribution in [0.15, 0.2) is 27.8 Å². The topological polar surface area (TPSA) is 12.4 Å². The molecule has 0 aliphatic carbocycles. The quantitative estimate of drug-likeness (QED) is 0.450. The lowest BCUT2D eigenvalue weighted by molar-refractivity contribution is 1.33. The molecule has 0 aromatic carbocycles. The first kappa shape index (κ1) is 7.63. The molecule has 1 nitrogen and oxygen atoms in total. The maximum absolute atomic E-state index is 3.65. The Balaban J connectivity index is 3.94. The summed E-state index contributed by atoms with van der Waals surface area (Å²) in [7, 11) is 0. The number of hydrogen-bond acceptors (Lipinski definition) is 1. The minimum atomic E-state index is 0.822. The normalized spacial score (nSPS) is 11.0. The van der Waals surface area contributed by atoms with Crippen molar-refractivity contribution in [2.75, 3.05) is 0 Å². The van der Waals surface area contributed by atoms with E-state index in [0.717, 1.165) is 10.2 Å². The summed E-state index contributed by atoms with van der Waals surface area (Å²) in [5.74, 6) is 0. The minimum Gasteiger partial charge on any atom is -0.269 e. The second kappa shape index (κ2) is 3.61. The van der Waals surface area contributed by atoms with Gasteiger partial charge in [-0.15, -0.1) is 0 Å². The van der Waals surface area contributed by atoms with Crippen LogP contribution >= 0.6 is 15.9 Å². The third-order valence-electron chi connectivity index (χ3n) is 0.615. The van der Waals surface area contributed by atoms with Gasteiger partial charge in [-0.25, -0.2) is 0 Å². The van der Waals surface area contributed by atoms with Crippen LogP contribution in [0.4, 0.5) is 0 Å². The molecule has 2 heteroatoms. The first-order chi connectivity index (χ1) is 3.66. The van der Waals surface area contributed by atoms with Crippen molar-refractivity contribution in [1.82, 2.24) is 0 Å². The molecule has 0 spiro atoms. The number of hydrogen-bond donors (Lipinski definition) is 0. The third kappa shape index (κ3) is 3.81. The van der Waals surface area contributed by atoms with Gasteiger partial charge < -0.3 is 0 Å². The molecule has 0 fully saturated rings. The molecule has 0 rings (SSSR count). The number of halogens is 1. The van der Waals surface area contributed by atoms with Crippen LogP contribution in [0.5, 0.6) is 0 Å². The van der Waals surface area contributed by atoms with E-state index in [4.69, 9.17) is 0 Å². The van der Waals surface area contributed by atoms with Gasteiger partial charge >= 0.3 is 0 Å². The molecule has 0 aromatic heterocycles. The molecule has 0 bridgehead atoms. The van der Waals surface area contributed by atoms with E-state index in [1.807, 2.05) is 6.92 Å². The zero-order chi connectivity index (χ0) is 6.57. The first-order valence-corrected chi connectivity index (χ1v) is 2.95. The van der Waals surface area contributed by atoms with Gasteiger partial charge in [-0.05, 0) is 19.7 Å². The Morgan fingerprint density at radius 2 is 2.25 bits per heavy atom. The Morgan fingerprint density at radius 3 is 2.38 bits per heavy atom. The van der Waals surface area contributed by atoms with Crippen LogP contribution in [0.2, 0.25) is 0 Å². The van der Waals surface area contributed by atoms with Gasteiger partial charge in [0.05, 0.1) is 0 Å². The van der Waals surface area contributed by atoms with Crippen LogP contribution in [0.3, 0.4) is 0 Å². The number of nitrogens with zero attached hydrogens (tertiary/aromatic N) is 1. The summed E-state index contributed by atoms with van der Waals surface area (Å²) in [6.07, 6.45) is 1.80. The van der Waals surface area contributed by atoms with E-state index in [-0.39, 0.29) is 0 Å². The van der Waals surface area contributed by atoms with E-state index in [2.05, 4.69) is 34.2 Å². The van der Waals surface area contributed by atoms with Crippen molar-refractivity contribution in [2.24, 2.45) is 4.99 Å². The van der Waals surface area contributed by atoms with Gasteiger partial charge in [-0.2, -0.15) is 0 Å². The van der Waals surface area contributed by atoms with Crippen molar-refractivity contribution < 1.29 is 0 Å². The molecular weight excluding hydrogens is 166 g/mol. The van der Waals surface area contributed by atoms with Crippen molar-refractivity contribution in [3.63, 3.8) is 0 Å². The molecule has 0 amide bonds. The third-order valence-corrected chi connectivity index (χ3v) is 0.844. The highest BCUT2D eigenvalue weighted by molar-refractivity contribution is 9.11. The van der Waals surface area contributed by atoms with Crippen LogP contribution in [-0.2, 0) is 0 Å². The van der Waals surface area contributed by atoms with Gasteiger partial charge in [0.15, 0.2) is 0 Å². The highest BCUT2D eigenvalue weighted by atomic mass is 79.9. The highest BCUT2D eigenvalue weighted by Crippen LogP contribution is 2.06. The Labute approximate surface area is 57.9 Å². The van der Waals surface area contributed by atoms with Crippen LogP contribution in [0, 0.1) is 0 Å². The van der Waals surface area contributed by atoms with Crippen LogP contribution in [0.25, 0.3) is 0 Å². The number of allylic oxidation sites excluding steroid dienone is 3. The fraction of sp³-hybridized carbons (Fsp3) is 0.167. The van der Waals surface area contributed by atoms with Crippen LogP contribution in [-0.4, -0.2) is 6.72 Å². The fourth-order valence-electron chi connectivity index (χ4n) is 0.272. The minimum absolute atomic E-state index is 0.822. The molecule has 0 N–H and O–H groups in total. The highest BCUT2D eigenvalue weighted by Gasteiger charge is 1.79. The molecule has 0 saturated heterocycles. The van der Waals surface area contributed by atoms with E-state index in [0.29, 0.717) is 0 Å². The molecule has 0 radical (unpaired) electrons. The van der Waals surface area contributed by atoms with Gasteiger partial charge in [0.25, 0.3) is 0 Å².